The largest absolute Gasteiger partial charge is 0.384 e. The van der Waals surface area contributed by atoms with Gasteiger partial charge in [0.05, 0.1) is 13.0 Å². The van der Waals surface area contributed by atoms with Crippen LogP contribution >= 0.6 is 0 Å². The fourth-order valence-corrected chi connectivity index (χ4v) is 1.31. The van der Waals surface area contributed by atoms with Gasteiger partial charge in [-0.1, -0.05) is 13.8 Å². The summed E-state index contributed by atoms with van der Waals surface area (Å²) < 4.78 is 4.89. The molecule has 0 saturated heterocycles. The lowest BCUT2D eigenvalue weighted by molar-refractivity contribution is -0.133. The van der Waals surface area contributed by atoms with Crippen molar-refractivity contribution < 1.29 is 9.53 Å². The highest BCUT2D eigenvalue weighted by Crippen LogP contribution is 2.15. The second-order valence-electron chi connectivity index (χ2n) is 4.52. The van der Waals surface area contributed by atoms with Crippen LogP contribution in [0.3, 0.4) is 0 Å². The number of nitrogens with two attached hydrogens (primary N) is 1. The fourth-order valence-electron chi connectivity index (χ4n) is 1.31. The lowest BCUT2D eigenvalue weighted by atomic mass is 9.93. The summed E-state index contributed by atoms with van der Waals surface area (Å²) in [7, 11) is 1.60. The van der Waals surface area contributed by atoms with Crippen LogP contribution in [0.15, 0.2) is 0 Å². The molecule has 0 unspecified atom stereocenters. The number of ether oxygens (including phenoxy) is 1. The second-order valence-corrected chi connectivity index (χ2v) is 4.52. The average Bonchev–Trinajstić information content (AvgIpc) is 2.22. The quantitative estimate of drug-likeness (QED) is 0.686. The first-order valence-electron chi connectivity index (χ1n) is 5.43. The molecule has 0 aliphatic rings. The summed E-state index contributed by atoms with van der Waals surface area (Å²) in [5.74, 6) is 0.140. The maximum atomic E-state index is 11.7. The third kappa shape index (κ3) is 5.74. The molecule has 0 aliphatic carbocycles. The topological polar surface area (TPSA) is 55.6 Å². The van der Waals surface area contributed by atoms with Gasteiger partial charge in [-0.15, -0.1) is 0 Å². The van der Waals surface area contributed by atoms with E-state index < -0.39 is 0 Å². The molecule has 0 fully saturated rings. The smallest absolute Gasteiger partial charge is 0.224 e. The Morgan fingerprint density at radius 1 is 1.47 bits per heavy atom. The molecule has 0 rings (SSSR count). The Morgan fingerprint density at radius 3 is 2.47 bits per heavy atom. The number of hydrogen-bond acceptors (Lipinski definition) is 3. The molecule has 0 aliphatic heterocycles. The summed E-state index contributed by atoms with van der Waals surface area (Å²) in [6, 6.07) is 0. The maximum Gasteiger partial charge on any atom is 0.224 e. The van der Waals surface area contributed by atoms with Gasteiger partial charge in [0.2, 0.25) is 5.91 Å². The number of methoxy groups -OCH3 is 1. The molecule has 0 atom stereocenters. The lowest BCUT2D eigenvalue weighted by Gasteiger charge is -2.31. The number of rotatable bonds is 7. The molecule has 0 aromatic carbocycles. The van der Waals surface area contributed by atoms with Crippen molar-refractivity contribution in [2.75, 3.05) is 33.4 Å². The zero-order chi connectivity index (χ0) is 11.9. The fraction of sp³-hybridized carbons (Fsp3) is 0.909. The van der Waals surface area contributed by atoms with Crippen molar-refractivity contribution in [2.24, 2.45) is 11.1 Å². The van der Waals surface area contributed by atoms with E-state index in [1.54, 1.807) is 7.11 Å². The molecule has 4 nitrogen and oxygen atoms in total. The van der Waals surface area contributed by atoms with Crippen LogP contribution in [0.5, 0.6) is 0 Å². The van der Waals surface area contributed by atoms with Gasteiger partial charge in [0.1, 0.15) is 0 Å². The molecule has 0 spiro atoms. The number of nitrogens with zero attached hydrogens (tertiary/aromatic N) is 1. The Morgan fingerprint density at radius 2 is 2.07 bits per heavy atom. The minimum absolute atomic E-state index is 0.0151. The van der Waals surface area contributed by atoms with Crippen molar-refractivity contribution in [1.82, 2.24) is 4.90 Å². The summed E-state index contributed by atoms with van der Waals surface area (Å²) in [5, 5.41) is 0. The van der Waals surface area contributed by atoms with E-state index >= 15 is 0 Å². The van der Waals surface area contributed by atoms with Gasteiger partial charge in [0, 0.05) is 20.2 Å². The van der Waals surface area contributed by atoms with Crippen LogP contribution in [0.1, 0.15) is 27.2 Å². The number of hydrogen-bond donors (Lipinski definition) is 1. The molecule has 0 heterocycles. The standard InChI is InChI=1S/C11H24N2O2/c1-5-13(9-11(2,3)8-12)10(14)6-7-15-4/h5-9,12H2,1-4H3. The Bertz CT molecular complexity index is 193. The van der Waals surface area contributed by atoms with Gasteiger partial charge < -0.3 is 15.4 Å². The van der Waals surface area contributed by atoms with E-state index in [-0.39, 0.29) is 11.3 Å². The molecule has 2 N–H and O–H groups in total. The summed E-state index contributed by atoms with van der Waals surface area (Å²) in [4.78, 5) is 13.6. The maximum absolute atomic E-state index is 11.7. The molecular weight excluding hydrogens is 192 g/mol. The first-order chi connectivity index (χ1) is 6.96. The van der Waals surface area contributed by atoms with E-state index in [9.17, 15) is 4.79 Å². The molecule has 0 saturated carbocycles. The molecule has 1 amide bonds. The zero-order valence-electron chi connectivity index (χ0n) is 10.4. The molecule has 0 bridgehead atoms. The summed E-state index contributed by atoms with van der Waals surface area (Å²) in [5.41, 5.74) is 5.63. The monoisotopic (exact) mass is 216 g/mol. The van der Waals surface area contributed by atoms with E-state index in [2.05, 4.69) is 13.8 Å². The summed E-state index contributed by atoms with van der Waals surface area (Å²) in [6.45, 7) is 8.63. The van der Waals surface area contributed by atoms with Gasteiger partial charge in [-0.2, -0.15) is 0 Å². The highest BCUT2D eigenvalue weighted by molar-refractivity contribution is 5.76. The molecular formula is C11H24N2O2. The van der Waals surface area contributed by atoms with Gasteiger partial charge in [-0.3, -0.25) is 4.79 Å². The Hall–Kier alpha value is -0.610. The molecule has 0 aromatic heterocycles. The third-order valence-corrected chi connectivity index (χ3v) is 2.43. The van der Waals surface area contributed by atoms with Crippen LogP contribution in [0.4, 0.5) is 0 Å². The van der Waals surface area contributed by atoms with E-state index in [4.69, 9.17) is 10.5 Å². The second kappa shape index (κ2) is 6.80. The highest BCUT2D eigenvalue weighted by Gasteiger charge is 2.22. The Kier molecular flexibility index (Phi) is 6.52. The first kappa shape index (κ1) is 14.4. The van der Waals surface area contributed by atoms with Crippen molar-refractivity contribution in [3.05, 3.63) is 0 Å². The predicted octanol–water partition coefficient (Wildman–Crippen LogP) is 0.856. The summed E-state index contributed by atoms with van der Waals surface area (Å²) in [6.07, 6.45) is 0.449. The Balaban J connectivity index is 4.17. The average molecular weight is 216 g/mol. The van der Waals surface area contributed by atoms with Gasteiger partial charge >= 0.3 is 0 Å². The SMILES string of the molecule is CCN(CC(C)(C)CN)C(=O)CCOC. The van der Waals surface area contributed by atoms with Gasteiger partial charge in [-0.25, -0.2) is 0 Å². The molecule has 0 aromatic rings. The predicted molar refractivity (Wildman–Crippen MR) is 61.6 cm³/mol. The van der Waals surface area contributed by atoms with Crippen molar-refractivity contribution >= 4 is 5.91 Å². The zero-order valence-corrected chi connectivity index (χ0v) is 10.4. The minimum atomic E-state index is -0.0151. The van der Waals surface area contributed by atoms with Crippen molar-refractivity contribution in [3.8, 4) is 0 Å². The number of amides is 1. The van der Waals surface area contributed by atoms with Crippen LogP contribution in [-0.4, -0.2) is 44.2 Å². The molecule has 0 radical (unpaired) electrons. The van der Waals surface area contributed by atoms with E-state index in [1.165, 1.54) is 0 Å². The van der Waals surface area contributed by atoms with Gasteiger partial charge in [-0.05, 0) is 18.9 Å². The van der Waals surface area contributed by atoms with E-state index in [1.807, 2.05) is 11.8 Å². The van der Waals surface area contributed by atoms with Crippen molar-refractivity contribution in [3.63, 3.8) is 0 Å². The van der Waals surface area contributed by atoms with Crippen molar-refractivity contribution in [2.45, 2.75) is 27.2 Å². The normalized spacial score (nSPS) is 11.5. The van der Waals surface area contributed by atoms with Crippen LogP contribution in [-0.2, 0) is 9.53 Å². The molecule has 4 heteroatoms. The molecule has 15 heavy (non-hydrogen) atoms. The number of carbonyl (C=O) groups is 1. The van der Waals surface area contributed by atoms with Crippen LogP contribution in [0.2, 0.25) is 0 Å². The van der Waals surface area contributed by atoms with Gasteiger partial charge in [0.15, 0.2) is 0 Å². The Labute approximate surface area is 92.8 Å². The lowest BCUT2D eigenvalue weighted by Crippen LogP contribution is -2.42. The first-order valence-corrected chi connectivity index (χ1v) is 5.43. The van der Waals surface area contributed by atoms with Gasteiger partial charge in [0.25, 0.3) is 0 Å². The number of carbonyl (C=O) groups excluding carboxylic acids is 1. The molecule has 90 valence electrons. The van der Waals surface area contributed by atoms with E-state index in [0.717, 1.165) is 6.54 Å². The highest BCUT2D eigenvalue weighted by atomic mass is 16.5. The van der Waals surface area contributed by atoms with Crippen LogP contribution in [0, 0.1) is 5.41 Å². The van der Waals surface area contributed by atoms with E-state index in [0.29, 0.717) is 26.1 Å². The van der Waals surface area contributed by atoms with Crippen LogP contribution < -0.4 is 5.73 Å². The van der Waals surface area contributed by atoms with Crippen LogP contribution in [0.25, 0.3) is 0 Å². The summed E-state index contributed by atoms with van der Waals surface area (Å²) >= 11 is 0. The van der Waals surface area contributed by atoms with Crippen molar-refractivity contribution in [1.29, 1.82) is 0 Å². The minimum Gasteiger partial charge on any atom is -0.384 e. The third-order valence-electron chi connectivity index (χ3n) is 2.43.